The van der Waals surface area contributed by atoms with E-state index >= 15 is 0 Å². The van der Waals surface area contributed by atoms with Crippen LogP contribution < -0.4 is 5.73 Å². The molecule has 0 radical (unpaired) electrons. The number of imidazole rings is 1. The molecule has 1 aliphatic carbocycles. The molecule has 1 aliphatic rings. The van der Waals surface area contributed by atoms with Gasteiger partial charge in [-0.15, -0.1) is 0 Å². The lowest BCUT2D eigenvalue weighted by Gasteiger charge is -2.19. The SMILES string of the molecule is Nc1ncnc2c1ncn2[C@@H]1C(O)C(O)[C@H](CO)[C@H]1F. The Hall–Kier alpha value is -1.84. The largest absolute Gasteiger partial charge is 0.396 e. The van der Waals surface area contributed by atoms with Crippen LogP contribution in [0.2, 0.25) is 0 Å². The molecule has 20 heavy (non-hydrogen) atoms. The molecule has 1 saturated carbocycles. The molecule has 1 fully saturated rings. The van der Waals surface area contributed by atoms with E-state index in [0.29, 0.717) is 5.52 Å². The molecule has 3 rings (SSSR count). The van der Waals surface area contributed by atoms with Crippen LogP contribution in [0.5, 0.6) is 0 Å². The van der Waals surface area contributed by atoms with Gasteiger partial charge in [-0.3, -0.25) is 0 Å². The highest BCUT2D eigenvalue weighted by Gasteiger charge is 2.51. The zero-order valence-corrected chi connectivity index (χ0v) is 10.3. The number of halogens is 1. The van der Waals surface area contributed by atoms with E-state index in [4.69, 9.17) is 10.8 Å². The molecule has 0 amide bonds. The predicted molar refractivity (Wildman–Crippen MR) is 66.3 cm³/mol. The lowest BCUT2D eigenvalue weighted by atomic mass is 10.1. The van der Waals surface area contributed by atoms with Gasteiger partial charge in [0.1, 0.15) is 24.1 Å². The van der Waals surface area contributed by atoms with Gasteiger partial charge in [0.2, 0.25) is 0 Å². The van der Waals surface area contributed by atoms with Gasteiger partial charge in [0.05, 0.1) is 25.1 Å². The highest BCUT2D eigenvalue weighted by atomic mass is 19.1. The van der Waals surface area contributed by atoms with Crippen LogP contribution in [-0.2, 0) is 0 Å². The number of nitrogens with zero attached hydrogens (tertiary/aromatic N) is 4. The van der Waals surface area contributed by atoms with Crippen molar-refractivity contribution >= 4 is 17.0 Å². The summed E-state index contributed by atoms with van der Waals surface area (Å²) in [4.78, 5) is 11.8. The normalized spacial score (nSPS) is 33.9. The molecule has 8 nitrogen and oxygen atoms in total. The van der Waals surface area contributed by atoms with Crippen molar-refractivity contribution in [2.24, 2.45) is 5.92 Å². The third-order valence-electron chi connectivity index (χ3n) is 3.79. The number of alkyl halides is 1. The molecule has 2 aromatic heterocycles. The van der Waals surface area contributed by atoms with Crippen LogP contribution in [0, 0.1) is 5.92 Å². The van der Waals surface area contributed by atoms with Crippen LogP contribution in [0.25, 0.3) is 11.2 Å². The van der Waals surface area contributed by atoms with Crippen LogP contribution in [0.15, 0.2) is 12.7 Å². The number of anilines is 1. The third kappa shape index (κ3) is 1.67. The smallest absolute Gasteiger partial charge is 0.165 e. The van der Waals surface area contributed by atoms with Gasteiger partial charge in [-0.05, 0) is 0 Å². The Balaban J connectivity index is 2.09. The standard InChI is InChI=1S/C11H14FN5O3/c12-5-4(1-18)8(19)9(20)7(5)17-3-16-6-10(13)14-2-15-11(6)17/h2-5,7-9,18-20H,1H2,(H2,13,14,15)/t4-,5-,7+,8?,9?/m1/s1. The van der Waals surface area contributed by atoms with Crippen molar-refractivity contribution in [3.05, 3.63) is 12.7 Å². The van der Waals surface area contributed by atoms with Gasteiger partial charge >= 0.3 is 0 Å². The Morgan fingerprint density at radius 3 is 2.65 bits per heavy atom. The van der Waals surface area contributed by atoms with Gasteiger partial charge in [-0.2, -0.15) is 0 Å². The molecule has 108 valence electrons. The maximum atomic E-state index is 14.3. The summed E-state index contributed by atoms with van der Waals surface area (Å²) in [7, 11) is 0. The maximum Gasteiger partial charge on any atom is 0.165 e. The molecule has 0 bridgehead atoms. The second kappa shape index (κ2) is 4.62. The molecule has 0 aromatic carbocycles. The number of aliphatic hydroxyl groups excluding tert-OH is 3. The monoisotopic (exact) mass is 283 g/mol. The number of nitrogen functional groups attached to an aromatic ring is 1. The summed E-state index contributed by atoms with van der Waals surface area (Å²) < 4.78 is 15.7. The quantitative estimate of drug-likeness (QED) is 0.535. The number of fused-ring (bicyclic) bond motifs is 1. The van der Waals surface area contributed by atoms with Crippen molar-refractivity contribution in [1.82, 2.24) is 19.5 Å². The second-order valence-corrected chi connectivity index (χ2v) is 4.85. The van der Waals surface area contributed by atoms with Crippen molar-refractivity contribution in [2.75, 3.05) is 12.3 Å². The number of hydrogen-bond acceptors (Lipinski definition) is 7. The fourth-order valence-electron chi connectivity index (χ4n) is 2.70. The first-order valence-corrected chi connectivity index (χ1v) is 6.10. The topological polar surface area (TPSA) is 130 Å². The Bertz CT molecular complexity index is 636. The lowest BCUT2D eigenvalue weighted by molar-refractivity contribution is -0.00496. The Morgan fingerprint density at radius 1 is 1.25 bits per heavy atom. The Labute approximate surface area is 112 Å². The first kappa shape index (κ1) is 13.2. The summed E-state index contributed by atoms with van der Waals surface area (Å²) in [6.07, 6.45) is -1.83. The summed E-state index contributed by atoms with van der Waals surface area (Å²) >= 11 is 0. The van der Waals surface area contributed by atoms with E-state index in [0.717, 1.165) is 0 Å². The van der Waals surface area contributed by atoms with Crippen LogP contribution in [-0.4, -0.2) is 59.8 Å². The number of aliphatic hydroxyl groups is 3. The van der Waals surface area contributed by atoms with E-state index in [9.17, 15) is 14.6 Å². The summed E-state index contributed by atoms with van der Waals surface area (Å²) in [5.41, 5.74) is 6.22. The molecule has 0 saturated heterocycles. The first-order chi connectivity index (χ1) is 9.56. The average molecular weight is 283 g/mol. The molecule has 2 unspecified atom stereocenters. The first-order valence-electron chi connectivity index (χ1n) is 6.10. The van der Waals surface area contributed by atoms with Gasteiger partial charge in [0.25, 0.3) is 0 Å². The maximum absolute atomic E-state index is 14.3. The van der Waals surface area contributed by atoms with E-state index < -0.39 is 36.9 Å². The molecular weight excluding hydrogens is 269 g/mol. The van der Waals surface area contributed by atoms with Crippen molar-refractivity contribution in [3.8, 4) is 0 Å². The fourth-order valence-corrected chi connectivity index (χ4v) is 2.70. The summed E-state index contributed by atoms with van der Waals surface area (Å²) in [6, 6.07) is -1.08. The number of hydrogen-bond donors (Lipinski definition) is 4. The molecule has 9 heteroatoms. The molecule has 5 atom stereocenters. The van der Waals surface area contributed by atoms with E-state index in [-0.39, 0.29) is 11.5 Å². The van der Waals surface area contributed by atoms with Crippen molar-refractivity contribution in [2.45, 2.75) is 24.4 Å². The summed E-state index contributed by atoms with van der Waals surface area (Å²) in [6.45, 7) is -0.556. The van der Waals surface area contributed by atoms with E-state index in [1.54, 1.807) is 0 Å². The van der Waals surface area contributed by atoms with Gasteiger partial charge in [0, 0.05) is 5.92 Å². The van der Waals surface area contributed by atoms with E-state index in [1.165, 1.54) is 17.2 Å². The molecular formula is C11H14FN5O3. The Morgan fingerprint density at radius 2 is 2.00 bits per heavy atom. The molecule has 0 aliphatic heterocycles. The summed E-state index contributed by atoms with van der Waals surface area (Å²) in [5.74, 6) is -0.900. The van der Waals surface area contributed by atoms with Crippen molar-refractivity contribution < 1.29 is 19.7 Å². The predicted octanol–water partition coefficient (Wildman–Crippen LogP) is -1.37. The van der Waals surface area contributed by atoms with Crippen LogP contribution >= 0.6 is 0 Å². The highest BCUT2D eigenvalue weighted by Crippen LogP contribution is 2.39. The number of aromatic nitrogens is 4. The van der Waals surface area contributed by atoms with Crippen molar-refractivity contribution in [1.29, 1.82) is 0 Å². The van der Waals surface area contributed by atoms with Crippen LogP contribution in [0.3, 0.4) is 0 Å². The molecule has 5 N–H and O–H groups in total. The second-order valence-electron chi connectivity index (χ2n) is 4.85. The summed E-state index contributed by atoms with van der Waals surface area (Å²) in [5, 5.41) is 28.9. The number of nitrogens with two attached hydrogens (primary N) is 1. The Kier molecular flexibility index (Phi) is 3.04. The number of rotatable bonds is 2. The van der Waals surface area contributed by atoms with Gasteiger partial charge < -0.3 is 25.6 Å². The minimum atomic E-state index is -1.63. The zero-order valence-electron chi connectivity index (χ0n) is 10.3. The zero-order chi connectivity index (χ0) is 14.4. The van der Waals surface area contributed by atoms with E-state index in [2.05, 4.69) is 15.0 Å². The molecule has 0 spiro atoms. The molecule has 2 heterocycles. The van der Waals surface area contributed by atoms with Gasteiger partial charge in [-0.1, -0.05) is 0 Å². The van der Waals surface area contributed by atoms with Gasteiger partial charge in [-0.25, -0.2) is 19.3 Å². The van der Waals surface area contributed by atoms with Crippen molar-refractivity contribution in [3.63, 3.8) is 0 Å². The average Bonchev–Trinajstić information content (AvgIpc) is 2.92. The van der Waals surface area contributed by atoms with Crippen LogP contribution in [0.1, 0.15) is 6.04 Å². The lowest BCUT2D eigenvalue weighted by Crippen LogP contribution is -2.30. The molecule has 2 aromatic rings. The van der Waals surface area contributed by atoms with Crippen LogP contribution in [0.4, 0.5) is 10.2 Å². The fraction of sp³-hybridized carbons (Fsp3) is 0.545. The highest BCUT2D eigenvalue weighted by molar-refractivity contribution is 5.81. The minimum absolute atomic E-state index is 0.149. The minimum Gasteiger partial charge on any atom is -0.396 e. The van der Waals surface area contributed by atoms with Gasteiger partial charge in [0.15, 0.2) is 11.5 Å². The third-order valence-corrected chi connectivity index (χ3v) is 3.79. The van der Waals surface area contributed by atoms with E-state index in [1.807, 2.05) is 0 Å².